The summed E-state index contributed by atoms with van der Waals surface area (Å²) in [5.74, 6) is 0.574. The third-order valence-corrected chi connectivity index (χ3v) is 2.26. The van der Waals surface area contributed by atoms with Crippen molar-refractivity contribution >= 4 is 6.29 Å². The van der Waals surface area contributed by atoms with Gasteiger partial charge in [-0.3, -0.25) is 4.79 Å². The number of aldehydes is 1. The van der Waals surface area contributed by atoms with Crippen molar-refractivity contribution in [1.82, 2.24) is 0 Å². The van der Waals surface area contributed by atoms with Crippen molar-refractivity contribution in [3.05, 3.63) is 29.3 Å². The normalized spacial score (nSPS) is 11.2. The van der Waals surface area contributed by atoms with E-state index in [0.29, 0.717) is 24.3 Å². The quantitative estimate of drug-likeness (QED) is 0.778. The first kappa shape index (κ1) is 12.7. The molecule has 1 aromatic rings. The molecule has 3 nitrogen and oxygen atoms in total. The number of hydrogen-bond donors (Lipinski definition) is 1. The van der Waals surface area contributed by atoms with Gasteiger partial charge in [0.05, 0.1) is 17.8 Å². The van der Waals surface area contributed by atoms with Crippen molar-refractivity contribution in [3.8, 4) is 5.75 Å². The second kappa shape index (κ2) is 5.12. The predicted molar refractivity (Wildman–Crippen MR) is 63.0 cm³/mol. The Bertz CT molecular complexity index is 364. The summed E-state index contributed by atoms with van der Waals surface area (Å²) < 4.78 is 5.47. The van der Waals surface area contributed by atoms with Crippen LogP contribution in [0.25, 0.3) is 0 Å². The molecule has 0 atom stereocenters. The van der Waals surface area contributed by atoms with Gasteiger partial charge in [-0.05, 0) is 32.9 Å². The largest absolute Gasteiger partial charge is 0.493 e. The first-order chi connectivity index (χ1) is 7.42. The highest BCUT2D eigenvalue weighted by molar-refractivity contribution is 5.79. The van der Waals surface area contributed by atoms with Crippen molar-refractivity contribution in [2.24, 2.45) is 0 Å². The molecule has 0 saturated heterocycles. The Kier molecular flexibility index (Phi) is 4.07. The zero-order chi connectivity index (χ0) is 12.2. The second-order valence-corrected chi connectivity index (χ2v) is 4.57. The maximum Gasteiger partial charge on any atom is 0.153 e. The first-order valence-electron chi connectivity index (χ1n) is 5.33. The minimum Gasteiger partial charge on any atom is -0.493 e. The molecule has 0 unspecified atom stereocenters. The maximum absolute atomic E-state index is 10.8. The lowest BCUT2D eigenvalue weighted by Crippen LogP contribution is -2.22. The van der Waals surface area contributed by atoms with Gasteiger partial charge in [0, 0.05) is 6.42 Å². The monoisotopic (exact) mass is 222 g/mol. The maximum atomic E-state index is 10.8. The van der Waals surface area contributed by atoms with Crippen molar-refractivity contribution in [3.63, 3.8) is 0 Å². The number of aryl methyl sites for hydroxylation is 1. The van der Waals surface area contributed by atoms with Crippen LogP contribution in [0.1, 0.15) is 36.2 Å². The minimum atomic E-state index is -0.744. The molecule has 0 aromatic heterocycles. The van der Waals surface area contributed by atoms with Crippen LogP contribution in [0.5, 0.6) is 5.75 Å². The van der Waals surface area contributed by atoms with Gasteiger partial charge in [-0.15, -0.1) is 0 Å². The molecule has 0 bridgehead atoms. The van der Waals surface area contributed by atoms with Gasteiger partial charge in [0.25, 0.3) is 0 Å². The average Bonchev–Trinajstić information content (AvgIpc) is 2.18. The molecule has 0 aliphatic heterocycles. The van der Waals surface area contributed by atoms with Crippen molar-refractivity contribution in [2.45, 2.75) is 32.8 Å². The van der Waals surface area contributed by atoms with Crippen molar-refractivity contribution < 1.29 is 14.6 Å². The average molecular weight is 222 g/mol. The fourth-order valence-corrected chi connectivity index (χ4v) is 1.30. The van der Waals surface area contributed by atoms with Crippen LogP contribution in [0, 0.1) is 6.92 Å². The molecule has 0 fully saturated rings. The number of hydrogen-bond acceptors (Lipinski definition) is 3. The van der Waals surface area contributed by atoms with Crippen LogP contribution in [-0.2, 0) is 0 Å². The molecule has 1 rings (SSSR count). The molecule has 88 valence electrons. The van der Waals surface area contributed by atoms with Gasteiger partial charge in [0.1, 0.15) is 5.75 Å². The summed E-state index contributed by atoms with van der Waals surface area (Å²) in [6.07, 6.45) is 1.31. The van der Waals surface area contributed by atoms with Gasteiger partial charge in [-0.1, -0.05) is 11.6 Å². The summed E-state index contributed by atoms with van der Waals surface area (Å²) in [5.41, 5.74) is 0.833. The molecule has 0 radical (unpaired) electrons. The molecule has 16 heavy (non-hydrogen) atoms. The first-order valence-corrected chi connectivity index (χ1v) is 5.33. The van der Waals surface area contributed by atoms with Gasteiger partial charge >= 0.3 is 0 Å². The summed E-state index contributed by atoms with van der Waals surface area (Å²) in [6, 6.07) is 5.46. The molecule has 3 heteroatoms. The minimum absolute atomic E-state index is 0.396. The fraction of sp³-hybridized carbons (Fsp3) is 0.462. The van der Waals surface area contributed by atoms with E-state index in [1.54, 1.807) is 26.0 Å². The lowest BCUT2D eigenvalue weighted by Gasteiger charge is -2.17. The number of carbonyl (C=O) groups is 1. The number of benzene rings is 1. The lowest BCUT2D eigenvalue weighted by molar-refractivity contribution is 0.0552. The number of carbonyl (C=O) groups excluding carboxylic acids is 1. The highest BCUT2D eigenvalue weighted by Crippen LogP contribution is 2.19. The fourth-order valence-electron chi connectivity index (χ4n) is 1.30. The lowest BCUT2D eigenvalue weighted by atomic mass is 10.1. The van der Waals surface area contributed by atoms with E-state index in [1.165, 1.54) is 0 Å². The molecule has 1 aromatic carbocycles. The van der Waals surface area contributed by atoms with E-state index in [9.17, 15) is 9.90 Å². The highest BCUT2D eigenvalue weighted by atomic mass is 16.5. The third kappa shape index (κ3) is 4.03. The molecular formula is C13H18O3. The van der Waals surface area contributed by atoms with E-state index in [1.807, 2.05) is 13.0 Å². The number of ether oxygens (including phenoxy) is 1. The molecule has 0 saturated carbocycles. The van der Waals surface area contributed by atoms with Crippen LogP contribution >= 0.6 is 0 Å². The zero-order valence-electron chi connectivity index (χ0n) is 9.99. The van der Waals surface area contributed by atoms with Crippen LogP contribution in [0.4, 0.5) is 0 Å². The molecule has 0 heterocycles. The van der Waals surface area contributed by atoms with Gasteiger partial charge in [0.2, 0.25) is 0 Å². The Labute approximate surface area is 96.1 Å². The molecular weight excluding hydrogens is 204 g/mol. The predicted octanol–water partition coefficient (Wildman–Crippen LogP) is 2.35. The molecule has 0 aliphatic carbocycles. The van der Waals surface area contributed by atoms with E-state index in [4.69, 9.17) is 4.74 Å². The van der Waals surface area contributed by atoms with E-state index >= 15 is 0 Å². The third-order valence-electron chi connectivity index (χ3n) is 2.26. The molecule has 0 aliphatic rings. The summed E-state index contributed by atoms with van der Waals surface area (Å²) in [6.45, 7) is 5.78. The van der Waals surface area contributed by atoms with Crippen LogP contribution in [0.3, 0.4) is 0 Å². The Morgan fingerprint density at radius 2 is 2.12 bits per heavy atom. The summed E-state index contributed by atoms with van der Waals surface area (Å²) in [4.78, 5) is 10.8. The van der Waals surface area contributed by atoms with Gasteiger partial charge in [0.15, 0.2) is 6.29 Å². The Morgan fingerprint density at radius 1 is 1.44 bits per heavy atom. The van der Waals surface area contributed by atoms with Crippen LogP contribution in [-0.4, -0.2) is 23.6 Å². The smallest absolute Gasteiger partial charge is 0.153 e. The Hall–Kier alpha value is -1.35. The Morgan fingerprint density at radius 3 is 2.69 bits per heavy atom. The van der Waals surface area contributed by atoms with E-state index in [2.05, 4.69) is 0 Å². The standard InChI is InChI=1S/C13H18O3/c1-10-4-5-12(11(8-10)9-14)16-7-6-13(2,3)15/h4-5,8-9,15H,6-7H2,1-3H3. The van der Waals surface area contributed by atoms with E-state index in [0.717, 1.165) is 11.8 Å². The Balaban J connectivity index is 2.63. The van der Waals surface area contributed by atoms with E-state index in [-0.39, 0.29) is 0 Å². The highest BCUT2D eigenvalue weighted by Gasteiger charge is 2.12. The molecule has 0 amide bonds. The van der Waals surface area contributed by atoms with Crippen LogP contribution < -0.4 is 4.74 Å². The van der Waals surface area contributed by atoms with Crippen LogP contribution in [0.15, 0.2) is 18.2 Å². The summed E-state index contributed by atoms with van der Waals surface area (Å²) >= 11 is 0. The summed E-state index contributed by atoms with van der Waals surface area (Å²) in [5, 5.41) is 9.52. The zero-order valence-corrected chi connectivity index (χ0v) is 9.99. The molecule has 1 N–H and O–H groups in total. The molecule has 0 spiro atoms. The van der Waals surface area contributed by atoms with Gasteiger partial charge in [-0.25, -0.2) is 0 Å². The number of rotatable bonds is 5. The topological polar surface area (TPSA) is 46.5 Å². The second-order valence-electron chi connectivity index (χ2n) is 4.57. The number of aliphatic hydroxyl groups is 1. The SMILES string of the molecule is Cc1ccc(OCCC(C)(C)O)c(C=O)c1. The van der Waals surface area contributed by atoms with Gasteiger partial charge in [-0.2, -0.15) is 0 Å². The van der Waals surface area contributed by atoms with E-state index < -0.39 is 5.60 Å². The van der Waals surface area contributed by atoms with Crippen LogP contribution in [0.2, 0.25) is 0 Å². The van der Waals surface area contributed by atoms with Gasteiger partial charge < -0.3 is 9.84 Å². The van der Waals surface area contributed by atoms with Crippen molar-refractivity contribution in [1.29, 1.82) is 0 Å². The van der Waals surface area contributed by atoms with Crippen molar-refractivity contribution in [2.75, 3.05) is 6.61 Å². The summed E-state index contributed by atoms with van der Waals surface area (Å²) in [7, 11) is 0.